The van der Waals surface area contributed by atoms with Gasteiger partial charge in [0.25, 0.3) is 0 Å². The monoisotopic (exact) mass is 345 g/mol. The van der Waals surface area contributed by atoms with Crippen LogP contribution in [0, 0.1) is 15.3 Å². The van der Waals surface area contributed by atoms with Crippen LogP contribution < -0.4 is 0 Å². The van der Waals surface area contributed by atoms with Crippen molar-refractivity contribution in [3.05, 3.63) is 45.7 Å². The van der Waals surface area contributed by atoms with Crippen LogP contribution in [0.15, 0.2) is 39.7 Å². The Hall–Kier alpha value is -2.11. The Morgan fingerprint density at radius 1 is 1.13 bits per heavy atom. The summed E-state index contributed by atoms with van der Waals surface area (Å²) in [6.45, 7) is 1.71. The molecule has 126 valence electrons. The summed E-state index contributed by atoms with van der Waals surface area (Å²) < 4.78 is 37.4. The number of benzene rings is 1. The molecule has 0 N–H and O–H groups in total. The van der Waals surface area contributed by atoms with E-state index in [1.54, 1.807) is 6.07 Å². The van der Waals surface area contributed by atoms with Crippen molar-refractivity contribution in [3.8, 4) is 0 Å². The lowest BCUT2D eigenvalue weighted by Gasteiger charge is -2.34. The van der Waals surface area contributed by atoms with Crippen LogP contribution in [-0.2, 0) is 19.5 Å². The maximum atomic E-state index is 12.1. The molecular weight excluding hydrogens is 330 g/mol. The van der Waals surface area contributed by atoms with Gasteiger partial charge < -0.3 is 14.7 Å². The Balaban J connectivity index is 2.39. The number of hydrogen-bond acceptors (Lipinski definition) is 7. The number of hydrogen-bond donors (Lipinski definition) is 0. The van der Waals surface area contributed by atoms with E-state index in [0.717, 1.165) is 0 Å². The van der Waals surface area contributed by atoms with Crippen LogP contribution in [0.2, 0.25) is 0 Å². The van der Waals surface area contributed by atoms with Crippen molar-refractivity contribution in [2.45, 2.75) is 30.2 Å². The summed E-state index contributed by atoms with van der Waals surface area (Å²) >= 11 is 0. The molecule has 1 aromatic carbocycles. The van der Waals surface area contributed by atoms with Crippen LogP contribution in [0.5, 0.6) is 0 Å². The number of hydroxylamine groups is 1. The highest BCUT2D eigenvalue weighted by molar-refractivity contribution is 7.89. The molecule has 0 atom stereocenters. The third kappa shape index (κ3) is 3.46. The first-order chi connectivity index (χ1) is 10.6. The maximum Gasteiger partial charge on any atom is 0.484 e. The fraction of sp³-hybridized carbons (Fsp3) is 0.500. The lowest BCUT2D eigenvalue weighted by atomic mass is 10.2. The van der Waals surface area contributed by atoms with E-state index in [0.29, 0.717) is 0 Å². The molecule has 0 spiro atoms. The SMILES string of the molecule is CC1(C)OCC([N+](=O)[O-])(/[N+]([O-])=N/S(=O)(=O)c2ccccc2)CO1. The first-order valence-electron chi connectivity index (χ1n) is 6.52. The predicted molar refractivity (Wildman–Crippen MR) is 75.4 cm³/mol. The molecule has 1 aliphatic heterocycles. The molecule has 1 aliphatic rings. The average molecular weight is 345 g/mol. The summed E-state index contributed by atoms with van der Waals surface area (Å²) in [4.78, 5) is 9.62. The standard InChI is InChI=1S/C12H15N3O7S/c1-11(2)21-8-12(9-22-11,15(17)18)14(16)13-23(19,20)10-6-4-3-5-7-10/h3-7H,8-9H2,1-2H3/b14-13-. The minimum Gasteiger partial charge on any atom is -0.593 e. The Bertz CT molecular complexity index is 720. The topological polar surface area (TPSA) is 134 Å². The average Bonchev–Trinajstić information content (AvgIpc) is 2.47. The molecular formula is C12H15N3O7S. The van der Waals surface area contributed by atoms with Crippen molar-refractivity contribution in [2.75, 3.05) is 13.2 Å². The second-order valence-corrected chi connectivity index (χ2v) is 6.94. The van der Waals surface area contributed by atoms with Crippen LogP contribution in [0.3, 0.4) is 0 Å². The lowest BCUT2D eigenvalue weighted by Crippen LogP contribution is -2.60. The van der Waals surface area contributed by atoms with Crippen molar-refractivity contribution < 1.29 is 27.7 Å². The molecule has 1 saturated heterocycles. The summed E-state index contributed by atoms with van der Waals surface area (Å²) in [5.41, 5.74) is -2.46. The van der Waals surface area contributed by atoms with E-state index in [9.17, 15) is 23.7 Å². The minimum absolute atomic E-state index is 0.252. The van der Waals surface area contributed by atoms with Crippen molar-refractivity contribution >= 4 is 10.0 Å². The first kappa shape index (κ1) is 17.2. The lowest BCUT2D eigenvalue weighted by molar-refractivity contribution is -0.824. The quantitative estimate of drug-likeness (QED) is 0.262. The van der Waals surface area contributed by atoms with Gasteiger partial charge >= 0.3 is 15.7 Å². The van der Waals surface area contributed by atoms with Crippen LogP contribution in [0.1, 0.15) is 13.8 Å². The van der Waals surface area contributed by atoms with E-state index in [1.807, 2.05) is 0 Å². The van der Waals surface area contributed by atoms with Crippen LogP contribution in [0.25, 0.3) is 0 Å². The summed E-state index contributed by atoms with van der Waals surface area (Å²) in [6.07, 6.45) is 0. The maximum absolute atomic E-state index is 12.1. The third-order valence-corrected chi connectivity index (χ3v) is 4.45. The smallest absolute Gasteiger partial charge is 0.484 e. The molecule has 0 saturated carbocycles. The molecule has 1 heterocycles. The molecule has 1 aromatic rings. The second-order valence-electron chi connectivity index (χ2n) is 5.36. The number of ether oxygens (including phenoxy) is 2. The van der Waals surface area contributed by atoms with E-state index in [2.05, 4.69) is 4.52 Å². The third-order valence-electron chi connectivity index (χ3n) is 3.22. The van der Waals surface area contributed by atoms with Crippen LogP contribution in [-0.4, -0.2) is 42.9 Å². The van der Waals surface area contributed by atoms with Gasteiger partial charge in [-0.05, 0) is 26.0 Å². The van der Waals surface area contributed by atoms with Gasteiger partial charge in [-0.25, -0.2) is 0 Å². The highest BCUT2D eigenvalue weighted by Gasteiger charge is 2.60. The Morgan fingerprint density at radius 3 is 2.13 bits per heavy atom. The van der Waals surface area contributed by atoms with Gasteiger partial charge in [-0.1, -0.05) is 18.2 Å². The van der Waals surface area contributed by atoms with E-state index in [4.69, 9.17) is 9.47 Å². The predicted octanol–water partition coefficient (Wildman–Crippen LogP) is 1.09. The van der Waals surface area contributed by atoms with Crippen molar-refractivity contribution in [3.63, 3.8) is 0 Å². The number of nitro groups is 1. The second kappa shape index (κ2) is 5.83. The van der Waals surface area contributed by atoms with Crippen molar-refractivity contribution in [1.82, 2.24) is 0 Å². The van der Waals surface area contributed by atoms with Gasteiger partial charge in [0.2, 0.25) is 0 Å². The Kier molecular flexibility index (Phi) is 4.37. The molecule has 2 rings (SSSR count). The normalized spacial score (nSPS) is 20.9. The molecule has 0 unspecified atom stereocenters. The molecule has 11 heteroatoms. The Labute approximate surface area is 132 Å². The van der Waals surface area contributed by atoms with E-state index in [-0.39, 0.29) is 4.90 Å². The minimum atomic E-state index is -4.39. The fourth-order valence-corrected chi connectivity index (χ4v) is 2.70. The van der Waals surface area contributed by atoms with Gasteiger partial charge in [-0.3, -0.25) is 10.1 Å². The van der Waals surface area contributed by atoms with Crippen molar-refractivity contribution in [1.29, 1.82) is 0 Å². The molecule has 1 fully saturated rings. The van der Waals surface area contributed by atoms with Crippen LogP contribution >= 0.6 is 0 Å². The van der Waals surface area contributed by atoms with E-state index < -0.39 is 44.5 Å². The molecule has 0 aromatic heterocycles. The van der Waals surface area contributed by atoms with E-state index in [1.165, 1.54) is 38.1 Å². The Morgan fingerprint density at radius 2 is 1.65 bits per heavy atom. The number of rotatable bonds is 4. The van der Waals surface area contributed by atoms with Crippen molar-refractivity contribution in [2.24, 2.45) is 4.52 Å². The van der Waals surface area contributed by atoms with Gasteiger partial charge in [-0.2, -0.15) is 8.42 Å². The van der Waals surface area contributed by atoms with E-state index >= 15 is 0 Å². The van der Waals surface area contributed by atoms with Gasteiger partial charge in [0.15, 0.2) is 19.0 Å². The molecule has 0 amide bonds. The highest BCUT2D eigenvalue weighted by atomic mass is 32.2. The molecule has 0 radical (unpaired) electrons. The molecule has 0 bridgehead atoms. The van der Waals surface area contributed by atoms with Gasteiger partial charge in [0, 0.05) is 4.86 Å². The molecule has 0 aliphatic carbocycles. The summed E-state index contributed by atoms with van der Waals surface area (Å²) in [5, 5.41) is 23.4. The zero-order valence-corrected chi connectivity index (χ0v) is 13.2. The van der Waals surface area contributed by atoms with Gasteiger partial charge in [-0.15, -0.1) is 0 Å². The fourth-order valence-electron chi connectivity index (χ4n) is 1.76. The summed E-state index contributed by atoms with van der Waals surface area (Å²) in [5.74, 6) is -1.11. The summed E-state index contributed by atoms with van der Waals surface area (Å²) in [6, 6.07) is 6.91. The number of sulfonamides is 1. The molecule has 10 nitrogen and oxygen atoms in total. The van der Waals surface area contributed by atoms with Gasteiger partial charge in [0.1, 0.15) is 9.44 Å². The number of nitrogens with zero attached hydrogens (tertiary/aromatic N) is 3. The zero-order valence-electron chi connectivity index (χ0n) is 12.4. The van der Waals surface area contributed by atoms with Gasteiger partial charge in [0.05, 0.1) is 4.90 Å². The summed E-state index contributed by atoms with van der Waals surface area (Å²) in [7, 11) is -4.39. The molecule has 23 heavy (non-hydrogen) atoms. The van der Waals surface area contributed by atoms with Crippen LogP contribution in [0.4, 0.5) is 0 Å². The largest absolute Gasteiger partial charge is 0.593 e. The highest BCUT2D eigenvalue weighted by Crippen LogP contribution is 2.27. The zero-order chi connectivity index (χ0) is 17.3. The first-order valence-corrected chi connectivity index (χ1v) is 7.96.